The molecule has 96 valence electrons. The van der Waals surface area contributed by atoms with Gasteiger partial charge in [0.05, 0.1) is 11.3 Å². The van der Waals surface area contributed by atoms with Crippen molar-refractivity contribution < 1.29 is 14.0 Å². The number of anilines is 1. The quantitative estimate of drug-likeness (QED) is 0.874. The second-order valence-corrected chi connectivity index (χ2v) is 4.10. The molecule has 0 heterocycles. The average Bonchev–Trinajstić information content (AvgIpc) is 2.41. The maximum Gasteiger partial charge on any atom is 0.255 e. The first kappa shape index (κ1) is 13.2. The van der Waals surface area contributed by atoms with Crippen molar-refractivity contribution in [2.24, 2.45) is 0 Å². The summed E-state index contributed by atoms with van der Waals surface area (Å²) in [6, 6.07) is 12.4. The minimum absolute atomic E-state index is 0.0830. The van der Waals surface area contributed by atoms with Crippen LogP contribution in [0.1, 0.15) is 20.7 Å². The first-order valence-electron chi connectivity index (χ1n) is 5.44. The highest BCUT2D eigenvalue weighted by Crippen LogP contribution is 2.20. The van der Waals surface area contributed by atoms with E-state index in [-0.39, 0.29) is 11.3 Å². The predicted octanol–water partition coefficient (Wildman–Crippen LogP) is 3.46. The van der Waals surface area contributed by atoms with Crippen molar-refractivity contribution in [2.75, 3.05) is 5.32 Å². The Hall–Kier alpha value is -2.20. The largest absolute Gasteiger partial charge is 0.319 e. The number of hydrogen-bond acceptors (Lipinski definition) is 2. The predicted molar refractivity (Wildman–Crippen MR) is 71.0 cm³/mol. The molecule has 1 amide bonds. The zero-order valence-corrected chi connectivity index (χ0v) is 10.4. The van der Waals surface area contributed by atoms with Gasteiger partial charge in [0.1, 0.15) is 0 Å². The maximum atomic E-state index is 13.9. The van der Waals surface area contributed by atoms with Crippen molar-refractivity contribution in [1.29, 1.82) is 0 Å². The molecule has 0 fully saturated rings. The fourth-order valence-corrected chi connectivity index (χ4v) is 1.71. The second kappa shape index (κ2) is 5.63. The molecule has 2 aromatic rings. The van der Waals surface area contributed by atoms with Crippen LogP contribution < -0.4 is 5.32 Å². The maximum absolute atomic E-state index is 13.9. The van der Waals surface area contributed by atoms with E-state index in [9.17, 15) is 14.0 Å². The molecule has 3 nitrogen and oxygen atoms in total. The molecule has 0 radical (unpaired) electrons. The standard InChI is InChI=1S/C14H9ClFNO2/c15-13(18)10-7-4-8-11(12(10)16)17-14(19)9-5-2-1-3-6-9/h1-8H,(H,17,19). The molecule has 0 bridgehead atoms. The molecule has 0 aliphatic carbocycles. The topological polar surface area (TPSA) is 46.2 Å². The van der Waals surface area contributed by atoms with E-state index in [0.717, 1.165) is 0 Å². The Morgan fingerprint density at radius 1 is 1.00 bits per heavy atom. The van der Waals surface area contributed by atoms with E-state index in [4.69, 9.17) is 11.6 Å². The summed E-state index contributed by atoms with van der Waals surface area (Å²) < 4.78 is 13.9. The molecule has 0 aliphatic rings. The number of benzene rings is 2. The summed E-state index contributed by atoms with van der Waals surface area (Å²) in [5.41, 5.74) is 0.0392. The normalized spacial score (nSPS) is 10.0. The van der Waals surface area contributed by atoms with Gasteiger partial charge in [-0.1, -0.05) is 24.3 Å². The molecule has 0 spiro atoms. The Balaban J connectivity index is 2.27. The Labute approximate surface area is 114 Å². The van der Waals surface area contributed by atoms with Gasteiger partial charge >= 0.3 is 0 Å². The van der Waals surface area contributed by atoms with Gasteiger partial charge in [-0.15, -0.1) is 0 Å². The number of carbonyl (C=O) groups excluding carboxylic acids is 2. The highest BCUT2D eigenvalue weighted by Gasteiger charge is 2.15. The molecule has 0 saturated heterocycles. The van der Waals surface area contributed by atoms with Crippen molar-refractivity contribution in [3.63, 3.8) is 0 Å². The average molecular weight is 278 g/mol. The van der Waals surface area contributed by atoms with Crippen LogP contribution in [-0.2, 0) is 0 Å². The Morgan fingerprint density at radius 2 is 1.68 bits per heavy atom. The second-order valence-electron chi connectivity index (χ2n) is 3.76. The molecule has 0 aliphatic heterocycles. The summed E-state index contributed by atoms with van der Waals surface area (Å²) in [7, 11) is 0. The molecule has 5 heteroatoms. The van der Waals surface area contributed by atoms with Crippen molar-refractivity contribution in [3.05, 3.63) is 65.5 Å². The molecule has 0 atom stereocenters. The number of halogens is 2. The van der Waals surface area contributed by atoms with Gasteiger partial charge in [0.15, 0.2) is 5.82 Å². The van der Waals surface area contributed by atoms with Crippen LogP contribution in [0.2, 0.25) is 0 Å². The number of amides is 1. The van der Waals surface area contributed by atoms with Crippen LogP contribution in [0.5, 0.6) is 0 Å². The van der Waals surface area contributed by atoms with E-state index in [1.54, 1.807) is 30.3 Å². The fraction of sp³-hybridized carbons (Fsp3) is 0. The summed E-state index contributed by atoms with van der Waals surface area (Å²) in [6.45, 7) is 0. The lowest BCUT2D eigenvalue weighted by molar-refractivity contribution is 0.102. The van der Waals surface area contributed by atoms with Gasteiger partial charge in [-0.3, -0.25) is 9.59 Å². The lowest BCUT2D eigenvalue weighted by Gasteiger charge is -2.07. The Morgan fingerprint density at radius 3 is 2.32 bits per heavy atom. The summed E-state index contributed by atoms with van der Waals surface area (Å²) in [5.74, 6) is -1.30. The van der Waals surface area contributed by atoms with E-state index in [2.05, 4.69) is 5.32 Å². The third-order valence-electron chi connectivity index (χ3n) is 2.49. The third-order valence-corrected chi connectivity index (χ3v) is 2.70. The Kier molecular flexibility index (Phi) is 3.92. The molecule has 0 unspecified atom stereocenters. The monoisotopic (exact) mass is 277 g/mol. The van der Waals surface area contributed by atoms with Crippen LogP contribution in [0.15, 0.2) is 48.5 Å². The van der Waals surface area contributed by atoms with Crippen LogP contribution in [0.4, 0.5) is 10.1 Å². The summed E-state index contributed by atoms with van der Waals surface area (Å²) in [5, 5.41) is 1.49. The van der Waals surface area contributed by atoms with Crippen LogP contribution in [-0.4, -0.2) is 11.1 Å². The molecular formula is C14H9ClFNO2. The van der Waals surface area contributed by atoms with E-state index in [1.165, 1.54) is 18.2 Å². The van der Waals surface area contributed by atoms with E-state index in [0.29, 0.717) is 5.56 Å². The number of nitrogens with one attached hydrogen (secondary N) is 1. The first-order chi connectivity index (χ1) is 9.09. The number of rotatable bonds is 3. The van der Waals surface area contributed by atoms with Crippen molar-refractivity contribution in [1.82, 2.24) is 0 Å². The first-order valence-corrected chi connectivity index (χ1v) is 5.82. The molecule has 1 N–H and O–H groups in total. The van der Waals surface area contributed by atoms with Gasteiger partial charge < -0.3 is 5.32 Å². The summed E-state index contributed by atoms with van der Waals surface area (Å²) in [4.78, 5) is 22.8. The van der Waals surface area contributed by atoms with Gasteiger partial charge in [-0.25, -0.2) is 4.39 Å². The zero-order chi connectivity index (χ0) is 13.8. The highest BCUT2D eigenvalue weighted by atomic mass is 35.5. The van der Waals surface area contributed by atoms with Crippen LogP contribution in [0.3, 0.4) is 0 Å². The highest BCUT2D eigenvalue weighted by molar-refractivity contribution is 6.67. The molecule has 0 aromatic heterocycles. The van der Waals surface area contributed by atoms with Crippen molar-refractivity contribution >= 4 is 28.4 Å². The van der Waals surface area contributed by atoms with Gasteiger partial charge in [0, 0.05) is 5.56 Å². The molecular weight excluding hydrogens is 269 g/mol. The van der Waals surface area contributed by atoms with Gasteiger partial charge in [0.25, 0.3) is 11.1 Å². The van der Waals surface area contributed by atoms with Crippen molar-refractivity contribution in [2.45, 2.75) is 0 Å². The van der Waals surface area contributed by atoms with Gasteiger partial charge in [-0.2, -0.15) is 0 Å². The smallest absolute Gasteiger partial charge is 0.255 e. The van der Waals surface area contributed by atoms with Crippen LogP contribution >= 0.6 is 11.6 Å². The molecule has 2 rings (SSSR count). The van der Waals surface area contributed by atoms with Crippen LogP contribution in [0.25, 0.3) is 0 Å². The van der Waals surface area contributed by atoms with E-state index < -0.39 is 17.0 Å². The minimum Gasteiger partial charge on any atom is -0.319 e. The van der Waals surface area contributed by atoms with Gasteiger partial charge in [-0.05, 0) is 35.9 Å². The summed E-state index contributed by atoms with van der Waals surface area (Å²) in [6.07, 6.45) is 0. The van der Waals surface area contributed by atoms with Crippen LogP contribution in [0, 0.1) is 5.82 Å². The SMILES string of the molecule is O=C(Nc1cccc(C(=O)Cl)c1F)c1ccccc1. The van der Waals surface area contributed by atoms with E-state index in [1.807, 2.05) is 0 Å². The minimum atomic E-state index is -0.909. The molecule has 19 heavy (non-hydrogen) atoms. The fourth-order valence-electron chi connectivity index (χ4n) is 1.56. The molecule has 0 saturated carbocycles. The number of hydrogen-bond donors (Lipinski definition) is 1. The van der Waals surface area contributed by atoms with E-state index >= 15 is 0 Å². The Bertz CT molecular complexity index is 629. The molecule has 2 aromatic carbocycles. The lowest BCUT2D eigenvalue weighted by atomic mass is 10.1. The zero-order valence-electron chi connectivity index (χ0n) is 9.69. The summed E-state index contributed by atoms with van der Waals surface area (Å²) >= 11 is 5.24. The number of carbonyl (C=O) groups is 2. The van der Waals surface area contributed by atoms with Gasteiger partial charge in [0.2, 0.25) is 0 Å². The lowest BCUT2D eigenvalue weighted by Crippen LogP contribution is -2.13. The van der Waals surface area contributed by atoms with Crippen molar-refractivity contribution in [3.8, 4) is 0 Å². The third kappa shape index (κ3) is 2.98.